The van der Waals surface area contributed by atoms with Gasteiger partial charge in [0.1, 0.15) is 0 Å². The Bertz CT molecular complexity index is 556. The van der Waals surface area contributed by atoms with Crippen molar-refractivity contribution in [2.24, 2.45) is 0 Å². The van der Waals surface area contributed by atoms with Gasteiger partial charge in [0.05, 0.1) is 0 Å². The van der Waals surface area contributed by atoms with Crippen LogP contribution < -0.4 is 8.79 Å². The van der Waals surface area contributed by atoms with Crippen LogP contribution in [0.5, 0.6) is 0 Å². The fraction of sp³-hybridized carbons (Fsp3) is 0.429. The summed E-state index contributed by atoms with van der Waals surface area (Å²) in [6.45, 7) is 3.71. The molecule has 0 radical (unpaired) electrons. The van der Waals surface area contributed by atoms with Gasteiger partial charge in [0.25, 0.3) is 0 Å². The molecule has 1 saturated heterocycles. The molecular weight excluding hydrogens is 355 g/mol. The van der Waals surface area contributed by atoms with E-state index in [9.17, 15) is 5.11 Å². The number of benzene rings is 2. The first-order valence-electron chi connectivity index (χ1n) is 9.29. The van der Waals surface area contributed by atoms with E-state index in [-0.39, 0.29) is 0 Å². The number of piperidine rings is 1. The summed E-state index contributed by atoms with van der Waals surface area (Å²) >= 11 is -2.70. The molecular formula is C21H29GeNO. The number of likely N-dealkylation sites (tertiary alicyclic amines) is 1. The topological polar surface area (TPSA) is 23.5 Å². The molecule has 1 aliphatic heterocycles. The second-order valence-corrected chi connectivity index (χ2v) is 15.7. The van der Waals surface area contributed by atoms with Gasteiger partial charge in [-0.1, -0.05) is 0 Å². The van der Waals surface area contributed by atoms with Crippen molar-refractivity contribution in [2.75, 3.05) is 25.1 Å². The zero-order chi connectivity index (χ0) is 16.7. The normalized spacial score (nSPS) is 16.2. The van der Waals surface area contributed by atoms with E-state index in [4.69, 9.17) is 0 Å². The second-order valence-electron chi connectivity index (χ2n) is 6.98. The third kappa shape index (κ3) is 4.11. The first-order chi connectivity index (χ1) is 11.8. The van der Waals surface area contributed by atoms with E-state index in [2.05, 4.69) is 65.6 Å². The van der Waals surface area contributed by atoms with E-state index in [0.29, 0.717) is 5.44 Å². The maximum absolute atomic E-state index is 10.5. The molecule has 0 aliphatic carbocycles. The van der Waals surface area contributed by atoms with Gasteiger partial charge < -0.3 is 0 Å². The number of aliphatic hydroxyl groups excluding tert-OH is 1. The van der Waals surface area contributed by atoms with Gasteiger partial charge in [0, 0.05) is 0 Å². The van der Waals surface area contributed by atoms with E-state index >= 15 is 0 Å². The van der Waals surface area contributed by atoms with Crippen LogP contribution in [-0.2, 0) is 0 Å². The van der Waals surface area contributed by atoms with Gasteiger partial charge in [0.2, 0.25) is 0 Å². The molecule has 1 N–H and O–H groups in total. The molecule has 2 aromatic carbocycles. The van der Waals surface area contributed by atoms with Crippen molar-refractivity contribution in [3.63, 3.8) is 0 Å². The summed E-state index contributed by atoms with van der Waals surface area (Å²) < 4.78 is 2.81. The standard InChI is InChI=1S/C21H29GeNO/c24-19-22(20-11-4-1-5-12-20,21-13-6-2-7-14-21)15-10-18-23-16-8-3-9-17-23/h1-2,4-7,11-14,24H,3,8-10,15-19H2. The Kier molecular flexibility index (Phi) is 6.53. The molecule has 0 saturated carbocycles. The molecule has 2 aromatic rings. The first-order valence-corrected chi connectivity index (χ1v) is 14.4. The fourth-order valence-corrected chi connectivity index (χ4v) is 12.1. The maximum atomic E-state index is 10.5. The molecule has 0 aromatic heterocycles. The molecule has 1 aliphatic rings. The minimum atomic E-state index is -2.70. The van der Waals surface area contributed by atoms with Crippen LogP contribution in [0.4, 0.5) is 0 Å². The summed E-state index contributed by atoms with van der Waals surface area (Å²) in [5, 5.41) is 11.7. The summed E-state index contributed by atoms with van der Waals surface area (Å²) in [7, 11) is 0. The van der Waals surface area contributed by atoms with E-state index in [1.54, 1.807) is 0 Å². The van der Waals surface area contributed by atoms with Crippen molar-refractivity contribution in [1.82, 2.24) is 4.90 Å². The van der Waals surface area contributed by atoms with Gasteiger partial charge in [-0.3, -0.25) is 0 Å². The summed E-state index contributed by atoms with van der Waals surface area (Å²) in [6, 6.07) is 21.6. The van der Waals surface area contributed by atoms with Crippen molar-refractivity contribution in [3.05, 3.63) is 60.7 Å². The Balaban J connectivity index is 1.79. The van der Waals surface area contributed by atoms with Crippen LogP contribution in [0.25, 0.3) is 0 Å². The van der Waals surface area contributed by atoms with Crippen LogP contribution in [0.15, 0.2) is 60.7 Å². The number of hydrogen-bond acceptors (Lipinski definition) is 2. The zero-order valence-electron chi connectivity index (χ0n) is 14.5. The predicted molar refractivity (Wildman–Crippen MR) is 105 cm³/mol. The van der Waals surface area contributed by atoms with Gasteiger partial charge in [-0.2, -0.15) is 0 Å². The Labute approximate surface area is 148 Å². The average Bonchev–Trinajstić information content (AvgIpc) is 2.68. The molecule has 2 nitrogen and oxygen atoms in total. The van der Waals surface area contributed by atoms with E-state index in [0.717, 1.165) is 0 Å². The Morgan fingerprint density at radius 2 is 1.33 bits per heavy atom. The van der Waals surface area contributed by atoms with Gasteiger partial charge in [-0.15, -0.1) is 0 Å². The summed E-state index contributed by atoms with van der Waals surface area (Å²) in [5.74, 6) is 0. The third-order valence-electron chi connectivity index (χ3n) is 5.45. The molecule has 3 heteroatoms. The van der Waals surface area contributed by atoms with Gasteiger partial charge in [0.15, 0.2) is 0 Å². The Hall–Kier alpha value is -1.10. The second kappa shape index (κ2) is 8.84. The number of nitrogens with zero attached hydrogens (tertiary/aromatic N) is 1. The number of rotatable bonds is 7. The molecule has 0 atom stereocenters. The number of hydrogen-bond donors (Lipinski definition) is 1. The zero-order valence-corrected chi connectivity index (χ0v) is 16.6. The van der Waals surface area contributed by atoms with E-state index < -0.39 is 13.3 Å². The van der Waals surface area contributed by atoms with Gasteiger partial charge >= 0.3 is 149 Å². The van der Waals surface area contributed by atoms with Crippen molar-refractivity contribution in [1.29, 1.82) is 0 Å². The SMILES string of the molecule is O[CH2][Ge]([CH2]CCN1CCCCC1)([c]1ccccc1)[c]1ccccc1. The van der Waals surface area contributed by atoms with Gasteiger partial charge in [-0.05, 0) is 0 Å². The summed E-state index contributed by atoms with van der Waals surface area (Å²) in [4.78, 5) is 2.61. The summed E-state index contributed by atoms with van der Waals surface area (Å²) in [5.41, 5.74) is 0.341. The van der Waals surface area contributed by atoms with Crippen molar-refractivity contribution < 1.29 is 5.11 Å². The Morgan fingerprint density at radius 3 is 1.83 bits per heavy atom. The monoisotopic (exact) mass is 385 g/mol. The third-order valence-corrected chi connectivity index (χ3v) is 15.2. The van der Waals surface area contributed by atoms with Crippen LogP contribution in [0, 0.1) is 0 Å². The molecule has 128 valence electrons. The van der Waals surface area contributed by atoms with E-state index in [1.165, 1.54) is 59.4 Å². The van der Waals surface area contributed by atoms with Crippen molar-refractivity contribution in [2.45, 2.75) is 30.9 Å². The fourth-order valence-electron chi connectivity index (χ4n) is 4.02. The summed E-state index contributed by atoms with van der Waals surface area (Å²) in [6.07, 6.45) is 5.29. The predicted octanol–water partition coefficient (Wildman–Crippen LogP) is 2.66. The molecule has 0 amide bonds. The molecule has 0 spiro atoms. The van der Waals surface area contributed by atoms with Crippen LogP contribution in [-0.4, -0.2) is 48.3 Å². The molecule has 24 heavy (non-hydrogen) atoms. The number of aliphatic hydroxyl groups is 1. The molecule has 0 unspecified atom stereocenters. The van der Waals surface area contributed by atoms with Crippen LogP contribution >= 0.6 is 0 Å². The molecule has 0 bridgehead atoms. The quantitative estimate of drug-likeness (QED) is 0.743. The van der Waals surface area contributed by atoms with Crippen LogP contribution in [0.2, 0.25) is 5.25 Å². The Morgan fingerprint density at radius 1 is 0.792 bits per heavy atom. The molecule has 1 heterocycles. The van der Waals surface area contributed by atoms with Crippen LogP contribution in [0.1, 0.15) is 25.7 Å². The average molecular weight is 384 g/mol. The van der Waals surface area contributed by atoms with Crippen LogP contribution in [0.3, 0.4) is 0 Å². The molecule has 3 rings (SSSR count). The first kappa shape index (κ1) is 17.7. The van der Waals surface area contributed by atoms with Crippen molar-refractivity contribution >= 4 is 22.1 Å². The van der Waals surface area contributed by atoms with Crippen molar-refractivity contribution in [3.8, 4) is 0 Å². The molecule has 1 fully saturated rings. The minimum absolute atomic E-state index is 0.341. The van der Waals surface area contributed by atoms with Gasteiger partial charge in [-0.25, -0.2) is 0 Å². The van der Waals surface area contributed by atoms with E-state index in [1.807, 2.05) is 0 Å².